The molecule has 1 saturated heterocycles. The van der Waals surface area contributed by atoms with Crippen molar-refractivity contribution in [3.63, 3.8) is 0 Å². The van der Waals surface area contributed by atoms with Crippen molar-refractivity contribution in [2.75, 3.05) is 36.0 Å². The van der Waals surface area contributed by atoms with Crippen molar-refractivity contribution in [2.45, 2.75) is 13.3 Å². The molecule has 0 radical (unpaired) electrons. The zero-order valence-corrected chi connectivity index (χ0v) is 11.9. The van der Waals surface area contributed by atoms with E-state index >= 15 is 0 Å². The van der Waals surface area contributed by atoms with Crippen molar-refractivity contribution in [1.82, 2.24) is 9.97 Å². The maximum atomic E-state index is 4.40. The van der Waals surface area contributed by atoms with Crippen molar-refractivity contribution in [2.24, 2.45) is 0 Å². The largest absolute Gasteiger partial charge is 0.370 e. The summed E-state index contributed by atoms with van der Waals surface area (Å²) in [6, 6.07) is 12.7. The fourth-order valence-electron chi connectivity index (χ4n) is 2.66. The third-order valence-electron chi connectivity index (χ3n) is 3.73. The number of nitrogens with zero attached hydrogens (tertiary/aromatic N) is 4. The lowest BCUT2D eigenvalue weighted by atomic mass is 10.3. The fraction of sp³-hybridized carbons (Fsp3) is 0.375. The van der Waals surface area contributed by atoms with E-state index in [1.165, 1.54) is 5.69 Å². The van der Waals surface area contributed by atoms with Crippen molar-refractivity contribution < 1.29 is 0 Å². The Hall–Kier alpha value is -2.10. The van der Waals surface area contributed by atoms with Gasteiger partial charge in [0.2, 0.25) is 0 Å². The summed E-state index contributed by atoms with van der Waals surface area (Å²) >= 11 is 0. The molecule has 0 bridgehead atoms. The molecule has 0 aliphatic carbocycles. The van der Waals surface area contributed by atoms with Gasteiger partial charge < -0.3 is 9.80 Å². The van der Waals surface area contributed by atoms with Crippen molar-refractivity contribution >= 4 is 11.5 Å². The molecule has 20 heavy (non-hydrogen) atoms. The van der Waals surface area contributed by atoms with E-state index in [9.17, 15) is 0 Å². The molecule has 0 N–H and O–H groups in total. The number of aryl methyl sites for hydroxylation is 1. The Balaban J connectivity index is 1.71. The molecular weight excluding hydrogens is 248 g/mol. The highest BCUT2D eigenvalue weighted by Crippen LogP contribution is 2.18. The number of aromatic nitrogens is 2. The second-order valence-corrected chi connectivity index (χ2v) is 5.18. The molecule has 1 aliphatic rings. The van der Waals surface area contributed by atoms with Crippen LogP contribution in [0.4, 0.5) is 11.5 Å². The molecule has 1 aliphatic heterocycles. The smallest absolute Gasteiger partial charge is 0.132 e. The molecule has 3 rings (SSSR count). The maximum Gasteiger partial charge on any atom is 0.132 e. The van der Waals surface area contributed by atoms with E-state index in [1.54, 1.807) is 6.33 Å². The highest BCUT2D eigenvalue weighted by molar-refractivity contribution is 5.47. The summed E-state index contributed by atoms with van der Waals surface area (Å²) < 4.78 is 0. The van der Waals surface area contributed by atoms with Crippen LogP contribution in [0.5, 0.6) is 0 Å². The Morgan fingerprint density at radius 2 is 1.65 bits per heavy atom. The quantitative estimate of drug-likeness (QED) is 0.837. The molecule has 0 saturated carbocycles. The fourth-order valence-corrected chi connectivity index (χ4v) is 2.66. The number of anilines is 2. The van der Waals surface area contributed by atoms with Crippen LogP contribution in [-0.2, 0) is 0 Å². The van der Waals surface area contributed by atoms with E-state index in [2.05, 4.69) is 56.2 Å². The van der Waals surface area contributed by atoms with Gasteiger partial charge in [0, 0.05) is 43.6 Å². The molecule has 2 heterocycles. The number of hydrogen-bond acceptors (Lipinski definition) is 4. The number of benzene rings is 1. The van der Waals surface area contributed by atoms with Crippen molar-refractivity contribution in [3.05, 3.63) is 48.4 Å². The zero-order chi connectivity index (χ0) is 13.8. The van der Waals surface area contributed by atoms with Crippen LogP contribution in [0.2, 0.25) is 0 Å². The average molecular weight is 268 g/mol. The van der Waals surface area contributed by atoms with E-state index < -0.39 is 0 Å². The van der Waals surface area contributed by atoms with Gasteiger partial charge in [-0.1, -0.05) is 18.2 Å². The first kappa shape index (κ1) is 12.9. The third kappa shape index (κ3) is 2.90. The summed E-state index contributed by atoms with van der Waals surface area (Å²) in [6.45, 7) is 6.21. The standard InChI is InChI=1S/C16H20N4/c1-14-12-16(18-13-17-14)20-9-5-8-19(10-11-20)15-6-3-2-4-7-15/h2-4,6-7,12-13H,5,8-11H2,1H3. The number of rotatable bonds is 2. The lowest BCUT2D eigenvalue weighted by Crippen LogP contribution is -2.31. The van der Waals surface area contributed by atoms with Crippen LogP contribution >= 0.6 is 0 Å². The Labute approximate surface area is 120 Å². The molecule has 2 aromatic rings. The predicted octanol–water partition coefficient (Wildman–Crippen LogP) is 2.50. The Kier molecular flexibility index (Phi) is 3.81. The van der Waals surface area contributed by atoms with Gasteiger partial charge in [0.05, 0.1) is 0 Å². The van der Waals surface area contributed by atoms with Crippen LogP contribution < -0.4 is 9.80 Å². The molecular formula is C16H20N4. The van der Waals surface area contributed by atoms with Gasteiger partial charge >= 0.3 is 0 Å². The SMILES string of the molecule is Cc1cc(N2CCCN(c3ccccc3)CC2)ncn1. The van der Waals surface area contributed by atoms with Gasteiger partial charge in [-0.25, -0.2) is 9.97 Å². The first-order valence-electron chi connectivity index (χ1n) is 7.16. The lowest BCUT2D eigenvalue weighted by Gasteiger charge is -2.24. The van der Waals surface area contributed by atoms with Crippen molar-refractivity contribution in [3.8, 4) is 0 Å². The van der Waals surface area contributed by atoms with E-state index in [4.69, 9.17) is 0 Å². The topological polar surface area (TPSA) is 32.3 Å². The van der Waals surface area contributed by atoms with Gasteiger partial charge in [-0.3, -0.25) is 0 Å². The minimum Gasteiger partial charge on any atom is -0.370 e. The van der Waals surface area contributed by atoms with Gasteiger partial charge in [0.1, 0.15) is 12.1 Å². The van der Waals surface area contributed by atoms with Crippen LogP contribution in [0.15, 0.2) is 42.7 Å². The average Bonchev–Trinajstić information content (AvgIpc) is 2.74. The lowest BCUT2D eigenvalue weighted by molar-refractivity contribution is 0.794. The van der Waals surface area contributed by atoms with Crippen LogP contribution in [0.25, 0.3) is 0 Å². The molecule has 4 nitrogen and oxygen atoms in total. The van der Waals surface area contributed by atoms with E-state index in [0.717, 1.165) is 44.1 Å². The summed E-state index contributed by atoms with van der Waals surface area (Å²) in [6.07, 6.45) is 2.81. The minimum atomic E-state index is 1.01. The summed E-state index contributed by atoms with van der Waals surface area (Å²) in [7, 11) is 0. The molecule has 104 valence electrons. The van der Waals surface area contributed by atoms with Gasteiger partial charge in [-0.15, -0.1) is 0 Å². The third-order valence-corrected chi connectivity index (χ3v) is 3.73. The molecule has 1 aromatic carbocycles. The highest BCUT2D eigenvalue weighted by atomic mass is 15.2. The molecule has 0 unspecified atom stereocenters. The number of para-hydroxylation sites is 1. The Morgan fingerprint density at radius 3 is 2.45 bits per heavy atom. The summed E-state index contributed by atoms with van der Waals surface area (Å²) in [5.74, 6) is 1.05. The van der Waals surface area contributed by atoms with Crippen LogP contribution in [0.3, 0.4) is 0 Å². The Bertz CT molecular complexity index is 555. The van der Waals surface area contributed by atoms with Crippen LogP contribution in [0.1, 0.15) is 12.1 Å². The van der Waals surface area contributed by atoms with Gasteiger partial charge in [-0.2, -0.15) is 0 Å². The second kappa shape index (κ2) is 5.90. The molecule has 4 heteroatoms. The molecule has 1 fully saturated rings. The van der Waals surface area contributed by atoms with Gasteiger partial charge in [0.25, 0.3) is 0 Å². The molecule has 1 aromatic heterocycles. The molecule has 0 atom stereocenters. The van der Waals surface area contributed by atoms with Gasteiger partial charge in [-0.05, 0) is 25.5 Å². The van der Waals surface area contributed by atoms with Crippen molar-refractivity contribution in [1.29, 1.82) is 0 Å². The zero-order valence-electron chi connectivity index (χ0n) is 11.9. The predicted molar refractivity (Wildman–Crippen MR) is 82.3 cm³/mol. The molecule has 0 amide bonds. The number of hydrogen-bond donors (Lipinski definition) is 0. The summed E-state index contributed by atoms with van der Waals surface area (Å²) in [5.41, 5.74) is 2.34. The monoisotopic (exact) mass is 268 g/mol. The summed E-state index contributed by atoms with van der Waals surface area (Å²) in [5, 5.41) is 0. The van der Waals surface area contributed by atoms with Gasteiger partial charge in [0.15, 0.2) is 0 Å². The first-order chi connectivity index (χ1) is 9.83. The first-order valence-corrected chi connectivity index (χ1v) is 7.16. The highest BCUT2D eigenvalue weighted by Gasteiger charge is 2.16. The van der Waals surface area contributed by atoms with E-state index in [1.807, 2.05) is 6.92 Å². The van der Waals surface area contributed by atoms with E-state index in [-0.39, 0.29) is 0 Å². The normalized spacial score (nSPS) is 16.1. The minimum absolute atomic E-state index is 1.01. The van der Waals surface area contributed by atoms with Crippen LogP contribution in [-0.4, -0.2) is 36.1 Å². The van der Waals surface area contributed by atoms with E-state index in [0.29, 0.717) is 0 Å². The molecule has 0 spiro atoms. The maximum absolute atomic E-state index is 4.40. The van der Waals surface area contributed by atoms with Crippen LogP contribution in [0, 0.1) is 6.92 Å². The summed E-state index contributed by atoms with van der Waals surface area (Å²) in [4.78, 5) is 13.4. The Morgan fingerprint density at radius 1 is 0.900 bits per heavy atom. The second-order valence-electron chi connectivity index (χ2n) is 5.18.